The monoisotopic (exact) mass is 339 g/mol. The standard InChI is InChI=1S/C17H22FN3O.ClH/c1-11-9-15(16(22)20-10-17(3,4)19)12(2)21(11)14-7-5-13(18)6-8-14;/h5-9H,10,19H2,1-4H3,(H,20,22);1H. The first-order valence-electron chi connectivity index (χ1n) is 7.21. The van der Waals surface area contributed by atoms with Crippen LogP contribution in [0.4, 0.5) is 4.39 Å². The highest BCUT2D eigenvalue weighted by Crippen LogP contribution is 2.21. The molecule has 2 rings (SSSR count). The van der Waals surface area contributed by atoms with E-state index in [2.05, 4.69) is 5.32 Å². The van der Waals surface area contributed by atoms with Crippen LogP contribution in [-0.2, 0) is 0 Å². The van der Waals surface area contributed by atoms with Crippen LogP contribution in [0.3, 0.4) is 0 Å². The molecule has 4 nitrogen and oxygen atoms in total. The molecular weight excluding hydrogens is 317 g/mol. The van der Waals surface area contributed by atoms with E-state index in [1.165, 1.54) is 12.1 Å². The Labute approximate surface area is 142 Å². The highest BCUT2D eigenvalue weighted by Gasteiger charge is 2.18. The normalized spacial score (nSPS) is 11.0. The zero-order valence-electron chi connectivity index (χ0n) is 13.8. The van der Waals surface area contributed by atoms with Gasteiger partial charge in [-0.25, -0.2) is 4.39 Å². The smallest absolute Gasteiger partial charge is 0.253 e. The van der Waals surface area contributed by atoms with E-state index in [4.69, 9.17) is 5.73 Å². The molecule has 0 bridgehead atoms. The minimum atomic E-state index is -0.460. The molecule has 126 valence electrons. The molecule has 0 unspecified atom stereocenters. The summed E-state index contributed by atoms with van der Waals surface area (Å²) >= 11 is 0. The summed E-state index contributed by atoms with van der Waals surface area (Å²) in [6.07, 6.45) is 0. The van der Waals surface area contributed by atoms with Crippen LogP contribution in [0.15, 0.2) is 30.3 Å². The third-order valence-electron chi connectivity index (χ3n) is 3.47. The molecular formula is C17H23ClFN3O. The van der Waals surface area contributed by atoms with Crippen LogP contribution in [0, 0.1) is 19.7 Å². The Morgan fingerprint density at radius 3 is 2.35 bits per heavy atom. The zero-order valence-corrected chi connectivity index (χ0v) is 14.6. The number of nitrogens with one attached hydrogen (secondary N) is 1. The Bertz CT molecular complexity index is 687. The first-order valence-corrected chi connectivity index (χ1v) is 7.21. The molecule has 1 aromatic carbocycles. The fourth-order valence-electron chi connectivity index (χ4n) is 2.38. The first kappa shape index (κ1) is 19.2. The molecule has 0 radical (unpaired) electrons. The van der Waals surface area contributed by atoms with Crippen molar-refractivity contribution in [3.05, 3.63) is 53.1 Å². The lowest BCUT2D eigenvalue weighted by molar-refractivity contribution is 0.0945. The molecule has 1 aromatic heterocycles. The van der Waals surface area contributed by atoms with Gasteiger partial charge in [0.05, 0.1) is 5.56 Å². The number of benzene rings is 1. The van der Waals surface area contributed by atoms with E-state index >= 15 is 0 Å². The summed E-state index contributed by atoms with van der Waals surface area (Å²) in [5.74, 6) is -0.436. The highest BCUT2D eigenvalue weighted by molar-refractivity contribution is 5.96. The van der Waals surface area contributed by atoms with Crippen LogP contribution in [0.5, 0.6) is 0 Å². The molecule has 1 heterocycles. The molecule has 0 aliphatic rings. The minimum absolute atomic E-state index is 0. The topological polar surface area (TPSA) is 60.1 Å². The van der Waals surface area contributed by atoms with Gasteiger partial charge in [0.2, 0.25) is 0 Å². The van der Waals surface area contributed by atoms with Gasteiger partial charge in [-0.3, -0.25) is 4.79 Å². The summed E-state index contributed by atoms with van der Waals surface area (Å²) in [7, 11) is 0. The molecule has 2 aromatic rings. The largest absolute Gasteiger partial charge is 0.350 e. The highest BCUT2D eigenvalue weighted by atomic mass is 35.5. The van der Waals surface area contributed by atoms with E-state index in [9.17, 15) is 9.18 Å². The van der Waals surface area contributed by atoms with Crippen molar-refractivity contribution in [1.82, 2.24) is 9.88 Å². The average molecular weight is 340 g/mol. The van der Waals surface area contributed by atoms with Gasteiger partial charge in [0, 0.05) is 29.2 Å². The summed E-state index contributed by atoms with van der Waals surface area (Å²) in [6.45, 7) is 7.90. The lowest BCUT2D eigenvalue weighted by Crippen LogP contribution is -2.45. The van der Waals surface area contributed by atoms with E-state index in [1.807, 2.05) is 38.3 Å². The quantitative estimate of drug-likeness (QED) is 0.899. The number of carbonyl (C=O) groups excluding carboxylic acids is 1. The van der Waals surface area contributed by atoms with Gasteiger partial charge in [0.1, 0.15) is 5.82 Å². The van der Waals surface area contributed by atoms with Crippen molar-refractivity contribution in [2.75, 3.05) is 6.54 Å². The number of aromatic nitrogens is 1. The van der Waals surface area contributed by atoms with Gasteiger partial charge in [-0.15, -0.1) is 12.4 Å². The molecule has 0 atom stereocenters. The molecule has 0 fully saturated rings. The predicted octanol–water partition coefficient (Wildman–Crippen LogP) is 3.12. The van der Waals surface area contributed by atoms with Crippen molar-refractivity contribution < 1.29 is 9.18 Å². The number of amides is 1. The number of rotatable bonds is 4. The number of carbonyl (C=O) groups is 1. The summed E-state index contributed by atoms with van der Waals surface area (Å²) in [5.41, 5.74) is 8.59. The summed E-state index contributed by atoms with van der Waals surface area (Å²) in [4.78, 5) is 12.3. The van der Waals surface area contributed by atoms with Gasteiger partial charge >= 0.3 is 0 Å². The Balaban J connectivity index is 0.00000264. The van der Waals surface area contributed by atoms with Crippen molar-refractivity contribution in [3.8, 4) is 5.69 Å². The Morgan fingerprint density at radius 2 is 1.83 bits per heavy atom. The van der Waals surface area contributed by atoms with Crippen LogP contribution in [0.1, 0.15) is 35.6 Å². The van der Waals surface area contributed by atoms with Gasteiger partial charge in [0.25, 0.3) is 5.91 Å². The van der Waals surface area contributed by atoms with E-state index in [0.29, 0.717) is 12.1 Å². The molecule has 23 heavy (non-hydrogen) atoms. The molecule has 0 saturated heterocycles. The second-order valence-corrected chi connectivity index (χ2v) is 6.27. The number of hydrogen-bond acceptors (Lipinski definition) is 2. The van der Waals surface area contributed by atoms with E-state index in [1.54, 1.807) is 12.1 Å². The first-order chi connectivity index (χ1) is 10.2. The maximum Gasteiger partial charge on any atom is 0.253 e. The lowest BCUT2D eigenvalue weighted by Gasteiger charge is -2.18. The fraction of sp³-hybridized carbons (Fsp3) is 0.353. The Hall–Kier alpha value is -1.85. The van der Waals surface area contributed by atoms with Crippen LogP contribution >= 0.6 is 12.4 Å². The van der Waals surface area contributed by atoms with Gasteiger partial charge in [-0.1, -0.05) is 0 Å². The molecule has 0 aliphatic carbocycles. The summed E-state index contributed by atoms with van der Waals surface area (Å²) in [6, 6.07) is 8.04. The van der Waals surface area contributed by atoms with Crippen molar-refractivity contribution in [1.29, 1.82) is 0 Å². The van der Waals surface area contributed by atoms with Crippen molar-refractivity contribution in [2.24, 2.45) is 5.73 Å². The minimum Gasteiger partial charge on any atom is -0.350 e. The van der Waals surface area contributed by atoms with Gasteiger partial charge in [0.15, 0.2) is 0 Å². The predicted molar refractivity (Wildman–Crippen MR) is 93.0 cm³/mol. The van der Waals surface area contributed by atoms with E-state index < -0.39 is 5.54 Å². The van der Waals surface area contributed by atoms with Gasteiger partial charge in [-0.2, -0.15) is 0 Å². The fourth-order valence-corrected chi connectivity index (χ4v) is 2.38. The maximum atomic E-state index is 13.1. The second-order valence-electron chi connectivity index (χ2n) is 6.27. The van der Waals surface area contributed by atoms with Crippen LogP contribution < -0.4 is 11.1 Å². The molecule has 0 aliphatic heterocycles. The number of aryl methyl sites for hydroxylation is 1. The average Bonchev–Trinajstić information content (AvgIpc) is 2.72. The molecule has 0 saturated carbocycles. The van der Waals surface area contributed by atoms with E-state index in [-0.39, 0.29) is 24.1 Å². The molecule has 3 N–H and O–H groups in total. The molecule has 6 heteroatoms. The van der Waals surface area contributed by atoms with Crippen LogP contribution in [0.25, 0.3) is 5.69 Å². The van der Waals surface area contributed by atoms with Gasteiger partial charge < -0.3 is 15.6 Å². The van der Waals surface area contributed by atoms with Crippen molar-refractivity contribution in [3.63, 3.8) is 0 Å². The number of nitrogens with two attached hydrogens (primary N) is 1. The zero-order chi connectivity index (χ0) is 16.5. The third-order valence-corrected chi connectivity index (χ3v) is 3.47. The Kier molecular flexibility index (Phi) is 5.97. The van der Waals surface area contributed by atoms with Crippen molar-refractivity contribution in [2.45, 2.75) is 33.2 Å². The lowest BCUT2D eigenvalue weighted by atomic mass is 10.1. The SMILES string of the molecule is Cc1cc(C(=O)NCC(C)(C)N)c(C)n1-c1ccc(F)cc1.Cl. The number of halogens is 2. The van der Waals surface area contributed by atoms with Crippen LogP contribution in [0.2, 0.25) is 0 Å². The van der Waals surface area contributed by atoms with Crippen molar-refractivity contribution >= 4 is 18.3 Å². The number of hydrogen-bond donors (Lipinski definition) is 2. The maximum absolute atomic E-state index is 13.1. The third kappa shape index (κ3) is 4.56. The molecule has 1 amide bonds. The summed E-state index contributed by atoms with van der Waals surface area (Å²) < 4.78 is 15.0. The summed E-state index contributed by atoms with van der Waals surface area (Å²) in [5, 5.41) is 2.84. The van der Waals surface area contributed by atoms with Crippen LogP contribution in [-0.4, -0.2) is 22.6 Å². The number of nitrogens with zero attached hydrogens (tertiary/aromatic N) is 1. The molecule has 0 spiro atoms. The van der Waals surface area contributed by atoms with E-state index in [0.717, 1.165) is 17.1 Å². The second kappa shape index (κ2) is 7.15. The van der Waals surface area contributed by atoms with Gasteiger partial charge in [-0.05, 0) is 58.0 Å². The Morgan fingerprint density at radius 1 is 1.26 bits per heavy atom.